The van der Waals surface area contributed by atoms with Gasteiger partial charge >= 0.3 is 5.97 Å². The fourth-order valence-electron chi connectivity index (χ4n) is 2.88. The molecule has 24 heavy (non-hydrogen) atoms. The average Bonchev–Trinajstić information content (AvgIpc) is 3.09. The molecule has 1 aromatic rings. The van der Waals surface area contributed by atoms with Crippen molar-refractivity contribution in [1.82, 2.24) is 4.90 Å². The van der Waals surface area contributed by atoms with Gasteiger partial charge < -0.3 is 24.2 Å². The molecule has 1 aliphatic heterocycles. The van der Waals surface area contributed by atoms with E-state index in [4.69, 9.17) is 19.3 Å². The highest BCUT2D eigenvalue weighted by molar-refractivity contribution is 5.79. The predicted molar refractivity (Wildman–Crippen MR) is 86.7 cm³/mol. The van der Waals surface area contributed by atoms with Crippen molar-refractivity contribution >= 4 is 11.9 Å². The Morgan fingerprint density at radius 1 is 1.17 bits per heavy atom. The van der Waals surface area contributed by atoms with Crippen molar-refractivity contribution in [3.05, 3.63) is 17.7 Å². The number of amides is 1. The van der Waals surface area contributed by atoms with Gasteiger partial charge in [0.15, 0.2) is 11.5 Å². The number of carboxylic acid groups (broad SMARTS) is 1. The Kier molecular flexibility index (Phi) is 5.89. The highest BCUT2D eigenvalue weighted by atomic mass is 16.5. The molecule has 1 fully saturated rings. The summed E-state index contributed by atoms with van der Waals surface area (Å²) in [6.45, 7) is 0.800. The van der Waals surface area contributed by atoms with Gasteiger partial charge in [0.05, 0.1) is 27.2 Å². The first kappa shape index (κ1) is 17.9. The van der Waals surface area contributed by atoms with Gasteiger partial charge in [0.25, 0.3) is 0 Å². The van der Waals surface area contributed by atoms with Crippen LogP contribution in [0.2, 0.25) is 0 Å². The van der Waals surface area contributed by atoms with E-state index < -0.39 is 11.9 Å². The van der Waals surface area contributed by atoms with Crippen LogP contribution in [0.3, 0.4) is 0 Å². The molecule has 7 heteroatoms. The van der Waals surface area contributed by atoms with Gasteiger partial charge in [-0.3, -0.25) is 9.59 Å². The van der Waals surface area contributed by atoms with Crippen LogP contribution in [0.5, 0.6) is 17.2 Å². The van der Waals surface area contributed by atoms with Gasteiger partial charge in [-0.15, -0.1) is 0 Å². The van der Waals surface area contributed by atoms with E-state index in [0.29, 0.717) is 49.6 Å². The second-order valence-corrected chi connectivity index (χ2v) is 5.70. The lowest BCUT2D eigenvalue weighted by Gasteiger charge is -2.17. The fourth-order valence-corrected chi connectivity index (χ4v) is 2.88. The quantitative estimate of drug-likeness (QED) is 0.813. The maximum Gasteiger partial charge on any atom is 0.308 e. The molecule has 132 valence electrons. The molecule has 0 aromatic heterocycles. The van der Waals surface area contributed by atoms with Crippen LogP contribution in [0.4, 0.5) is 0 Å². The molecule has 2 rings (SSSR count). The van der Waals surface area contributed by atoms with Crippen LogP contribution in [-0.2, 0) is 16.0 Å². The van der Waals surface area contributed by atoms with Crippen molar-refractivity contribution < 1.29 is 28.9 Å². The van der Waals surface area contributed by atoms with Gasteiger partial charge in [-0.05, 0) is 30.5 Å². The Balaban J connectivity index is 2.01. The zero-order chi connectivity index (χ0) is 17.7. The van der Waals surface area contributed by atoms with Crippen molar-refractivity contribution in [3.8, 4) is 17.2 Å². The minimum Gasteiger partial charge on any atom is -0.493 e. The van der Waals surface area contributed by atoms with Gasteiger partial charge in [0, 0.05) is 19.5 Å². The number of rotatable bonds is 7. The SMILES string of the molecule is COc1cc(CCC(=O)N2CCC(C(=O)O)C2)cc(OC)c1OC. The lowest BCUT2D eigenvalue weighted by Crippen LogP contribution is -2.30. The Morgan fingerprint density at radius 2 is 1.79 bits per heavy atom. The van der Waals surface area contributed by atoms with Crippen LogP contribution in [0, 0.1) is 5.92 Å². The molecule has 1 unspecified atom stereocenters. The third kappa shape index (κ3) is 3.90. The average molecular weight is 337 g/mol. The van der Waals surface area contributed by atoms with Gasteiger partial charge in [0.2, 0.25) is 11.7 Å². The second-order valence-electron chi connectivity index (χ2n) is 5.70. The van der Waals surface area contributed by atoms with Gasteiger partial charge in [-0.25, -0.2) is 0 Å². The standard InChI is InChI=1S/C17H23NO6/c1-22-13-8-11(9-14(23-2)16(13)24-3)4-5-15(19)18-7-6-12(10-18)17(20)21/h8-9,12H,4-7,10H2,1-3H3,(H,20,21). The molecular weight excluding hydrogens is 314 g/mol. The number of carboxylic acids is 1. The molecule has 0 spiro atoms. The Bertz CT molecular complexity index is 590. The summed E-state index contributed by atoms with van der Waals surface area (Å²) in [4.78, 5) is 24.9. The molecule has 1 amide bonds. The molecule has 1 N–H and O–H groups in total. The van der Waals surface area contributed by atoms with Crippen molar-refractivity contribution in [2.45, 2.75) is 19.3 Å². The minimum atomic E-state index is -0.838. The largest absolute Gasteiger partial charge is 0.493 e. The maximum absolute atomic E-state index is 12.3. The topological polar surface area (TPSA) is 85.3 Å². The second kappa shape index (κ2) is 7.90. The lowest BCUT2D eigenvalue weighted by molar-refractivity contribution is -0.141. The summed E-state index contributed by atoms with van der Waals surface area (Å²) >= 11 is 0. The number of aliphatic carboxylic acids is 1. The molecule has 1 aromatic carbocycles. The number of likely N-dealkylation sites (tertiary alicyclic amines) is 1. The van der Waals surface area contributed by atoms with Crippen LogP contribution in [0.1, 0.15) is 18.4 Å². The number of ether oxygens (including phenoxy) is 3. The number of carbonyl (C=O) groups excluding carboxylic acids is 1. The van der Waals surface area contributed by atoms with Crippen molar-refractivity contribution in [2.24, 2.45) is 5.92 Å². The summed E-state index contributed by atoms with van der Waals surface area (Å²) < 4.78 is 15.9. The Hall–Kier alpha value is -2.44. The van der Waals surface area contributed by atoms with Gasteiger partial charge in [-0.2, -0.15) is 0 Å². The first-order chi connectivity index (χ1) is 11.5. The number of hydrogen-bond acceptors (Lipinski definition) is 5. The molecule has 1 atom stereocenters. The summed E-state index contributed by atoms with van der Waals surface area (Å²) in [5.74, 6) is 0.286. The Morgan fingerprint density at radius 3 is 2.25 bits per heavy atom. The molecule has 0 aliphatic carbocycles. The lowest BCUT2D eigenvalue weighted by atomic mass is 10.1. The van der Waals surface area contributed by atoms with E-state index in [-0.39, 0.29) is 5.91 Å². The molecule has 1 saturated heterocycles. The predicted octanol–water partition coefficient (Wildman–Crippen LogP) is 1.58. The summed E-state index contributed by atoms with van der Waals surface area (Å²) in [5, 5.41) is 9.01. The summed E-state index contributed by atoms with van der Waals surface area (Å²) in [6.07, 6.45) is 1.35. The summed E-state index contributed by atoms with van der Waals surface area (Å²) in [7, 11) is 4.63. The smallest absolute Gasteiger partial charge is 0.308 e. The summed E-state index contributed by atoms with van der Waals surface area (Å²) in [5.41, 5.74) is 0.895. The molecule has 0 saturated carbocycles. The Labute approximate surface area is 141 Å². The fraction of sp³-hybridized carbons (Fsp3) is 0.529. The van der Waals surface area contributed by atoms with E-state index in [0.717, 1.165) is 5.56 Å². The van der Waals surface area contributed by atoms with E-state index >= 15 is 0 Å². The minimum absolute atomic E-state index is 0.0347. The van der Waals surface area contributed by atoms with Crippen molar-refractivity contribution in [2.75, 3.05) is 34.4 Å². The zero-order valence-electron chi connectivity index (χ0n) is 14.2. The maximum atomic E-state index is 12.3. The van der Waals surface area contributed by atoms with Crippen LogP contribution < -0.4 is 14.2 Å². The van der Waals surface area contributed by atoms with Crippen molar-refractivity contribution in [3.63, 3.8) is 0 Å². The van der Waals surface area contributed by atoms with E-state index in [1.807, 2.05) is 12.1 Å². The highest BCUT2D eigenvalue weighted by Gasteiger charge is 2.30. The van der Waals surface area contributed by atoms with E-state index in [2.05, 4.69) is 0 Å². The molecule has 0 radical (unpaired) electrons. The first-order valence-electron chi connectivity index (χ1n) is 7.79. The molecule has 7 nitrogen and oxygen atoms in total. The third-order valence-electron chi connectivity index (χ3n) is 4.24. The number of methoxy groups -OCH3 is 3. The van der Waals surface area contributed by atoms with Crippen LogP contribution in [0.15, 0.2) is 12.1 Å². The van der Waals surface area contributed by atoms with Crippen LogP contribution in [-0.4, -0.2) is 56.3 Å². The monoisotopic (exact) mass is 337 g/mol. The first-order valence-corrected chi connectivity index (χ1v) is 7.79. The van der Waals surface area contributed by atoms with Crippen molar-refractivity contribution in [1.29, 1.82) is 0 Å². The number of carbonyl (C=O) groups is 2. The van der Waals surface area contributed by atoms with Crippen LogP contribution >= 0.6 is 0 Å². The number of benzene rings is 1. The van der Waals surface area contributed by atoms with E-state index in [1.54, 1.807) is 19.1 Å². The van der Waals surface area contributed by atoms with Gasteiger partial charge in [0.1, 0.15) is 0 Å². The molecule has 1 heterocycles. The molecule has 1 aliphatic rings. The number of aryl methyl sites for hydroxylation is 1. The van der Waals surface area contributed by atoms with Gasteiger partial charge in [-0.1, -0.05) is 0 Å². The summed E-state index contributed by atoms with van der Waals surface area (Å²) in [6, 6.07) is 3.64. The number of hydrogen-bond donors (Lipinski definition) is 1. The van der Waals surface area contributed by atoms with Crippen LogP contribution in [0.25, 0.3) is 0 Å². The zero-order valence-corrected chi connectivity index (χ0v) is 14.2. The van der Waals surface area contributed by atoms with E-state index in [1.165, 1.54) is 7.11 Å². The highest BCUT2D eigenvalue weighted by Crippen LogP contribution is 2.38. The van der Waals surface area contributed by atoms with E-state index in [9.17, 15) is 9.59 Å². The normalized spacial score (nSPS) is 16.8. The molecule has 0 bridgehead atoms. The molecular formula is C17H23NO6. The third-order valence-corrected chi connectivity index (χ3v) is 4.24. The number of nitrogens with zero attached hydrogens (tertiary/aromatic N) is 1.